The van der Waals surface area contributed by atoms with Gasteiger partial charge in [-0.2, -0.15) is 4.98 Å². The maximum Gasteiger partial charge on any atom is 0.332 e. The number of methoxy groups -OCH3 is 1. The third-order valence-electron chi connectivity index (χ3n) is 7.50. The average molecular weight is 521 g/mol. The highest BCUT2D eigenvalue weighted by molar-refractivity contribution is 5.99. The van der Waals surface area contributed by atoms with Crippen LogP contribution in [0.3, 0.4) is 0 Å². The Balaban J connectivity index is 1.63. The normalized spacial score (nSPS) is 17.6. The number of anilines is 1. The highest BCUT2D eigenvalue weighted by Crippen LogP contribution is 2.45. The summed E-state index contributed by atoms with van der Waals surface area (Å²) in [7, 11) is 3.13. The Morgan fingerprint density at radius 2 is 1.95 bits per heavy atom. The molecule has 1 aliphatic carbocycles. The van der Waals surface area contributed by atoms with Gasteiger partial charge in [-0.25, -0.2) is 4.79 Å². The molecule has 202 valence electrons. The number of rotatable bonds is 8. The number of nitrogens with two attached hydrogens (primary N) is 1. The topological polar surface area (TPSA) is 117 Å². The van der Waals surface area contributed by atoms with Gasteiger partial charge in [0.2, 0.25) is 5.95 Å². The monoisotopic (exact) mass is 520 g/mol. The molecule has 1 atom stereocenters. The van der Waals surface area contributed by atoms with Gasteiger partial charge in [0, 0.05) is 32.7 Å². The van der Waals surface area contributed by atoms with Crippen LogP contribution >= 0.6 is 0 Å². The molecule has 1 unspecified atom stereocenters. The lowest BCUT2D eigenvalue weighted by molar-refractivity contribution is 0.0965. The molecular weight excluding hydrogens is 484 g/mol. The number of ketones is 1. The zero-order chi connectivity index (χ0) is 27.1. The van der Waals surface area contributed by atoms with Crippen LogP contribution in [0, 0.1) is 0 Å². The molecule has 10 nitrogen and oxygen atoms in total. The molecule has 3 aromatic rings. The Morgan fingerprint density at radius 1 is 1.18 bits per heavy atom. The van der Waals surface area contributed by atoms with Crippen molar-refractivity contribution in [2.24, 2.45) is 12.8 Å². The highest BCUT2D eigenvalue weighted by atomic mass is 16.5. The number of ether oxygens (including phenoxy) is 1. The maximum absolute atomic E-state index is 13.9. The van der Waals surface area contributed by atoms with Crippen LogP contribution < -0.4 is 26.6 Å². The van der Waals surface area contributed by atoms with Crippen molar-refractivity contribution in [1.29, 1.82) is 0 Å². The van der Waals surface area contributed by atoms with Crippen molar-refractivity contribution < 1.29 is 9.53 Å². The molecule has 2 aromatic heterocycles. The van der Waals surface area contributed by atoms with Crippen molar-refractivity contribution >= 4 is 22.9 Å². The summed E-state index contributed by atoms with van der Waals surface area (Å²) in [5.74, 6) is 1.18. The number of fused-ring (bicyclic) bond motifs is 1. The molecule has 1 saturated carbocycles. The number of aryl methyl sites for hydroxylation is 1. The number of imidazole rings is 1. The molecule has 5 rings (SSSR count). The number of carbonyl (C=O) groups excluding carboxylic acids is 1. The number of allylic oxidation sites excluding steroid dienone is 2. The summed E-state index contributed by atoms with van der Waals surface area (Å²) in [4.78, 5) is 47.6. The minimum Gasteiger partial charge on any atom is -0.496 e. The molecule has 38 heavy (non-hydrogen) atoms. The molecule has 10 heteroatoms. The van der Waals surface area contributed by atoms with E-state index in [0.29, 0.717) is 47.4 Å². The van der Waals surface area contributed by atoms with E-state index in [9.17, 15) is 14.4 Å². The molecule has 1 saturated heterocycles. The maximum atomic E-state index is 13.9. The van der Waals surface area contributed by atoms with Crippen LogP contribution in [0.2, 0.25) is 0 Å². The summed E-state index contributed by atoms with van der Waals surface area (Å²) in [6, 6.07) is 5.51. The van der Waals surface area contributed by atoms with Gasteiger partial charge < -0.3 is 19.9 Å². The fraction of sp³-hybridized carbons (Fsp3) is 0.500. The predicted molar refractivity (Wildman–Crippen MR) is 147 cm³/mol. The Labute approximate surface area is 221 Å². The van der Waals surface area contributed by atoms with Gasteiger partial charge in [0.05, 0.1) is 19.2 Å². The Bertz CT molecular complexity index is 1540. The summed E-state index contributed by atoms with van der Waals surface area (Å²) < 4.78 is 9.83. The fourth-order valence-electron chi connectivity index (χ4n) is 5.33. The molecule has 1 aromatic carbocycles. The van der Waals surface area contributed by atoms with Gasteiger partial charge in [0.25, 0.3) is 5.56 Å². The van der Waals surface area contributed by atoms with Gasteiger partial charge in [0.1, 0.15) is 5.75 Å². The first-order chi connectivity index (χ1) is 18.2. The standard InChI is InChI=1S/C28H36N6O4/c1-17(2)12-14-33-23-25(30-27(33)32-13-6-7-19(29)15-32)31(3)28(37)34(26(23)36)16-22(35)21-9-5-8-20(18-10-11-18)24(21)38-4/h5,8-9,12,18-19H,6-7,10-11,13-16,29H2,1-4H3. The van der Waals surface area contributed by atoms with E-state index in [0.717, 1.165) is 47.9 Å². The largest absolute Gasteiger partial charge is 0.496 e. The van der Waals surface area contributed by atoms with Crippen LogP contribution in [0.1, 0.15) is 61.4 Å². The first-order valence-electron chi connectivity index (χ1n) is 13.2. The summed E-state index contributed by atoms with van der Waals surface area (Å²) in [6.07, 6.45) is 5.99. The number of piperidine rings is 1. The van der Waals surface area contributed by atoms with Gasteiger partial charge in [-0.05, 0) is 57.1 Å². The lowest BCUT2D eigenvalue weighted by Crippen LogP contribution is -2.44. The van der Waals surface area contributed by atoms with E-state index in [1.54, 1.807) is 20.2 Å². The van der Waals surface area contributed by atoms with Gasteiger partial charge in [0.15, 0.2) is 16.9 Å². The molecule has 2 fully saturated rings. The van der Waals surface area contributed by atoms with Crippen LogP contribution in [0.25, 0.3) is 11.2 Å². The number of para-hydroxylation sites is 1. The third-order valence-corrected chi connectivity index (χ3v) is 7.50. The molecule has 0 spiro atoms. The minimum atomic E-state index is -0.582. The Kier molecular flexibility index (Phi) is 7.00. The zero-order valence-corrected chi connectivity index (χ0v) is 22.6. The second-order valence-corrected chi connectivity index (χ2v) is 10.7. The smallest absolute Gasteiger partial charge is 0.332 e. The van der Waals surface area contributed by atoms with Crippen molar-refractivity contribution in [2.75, 3.05) is 25.1 Å². The SMILES string of the molecule is COc1c(C(=O)Cn2c(=O)c3c(nc(N4CCCC(N)C4)n3CC=C(C)C)n(C)c2=O)cccc1C1CC1. The van der Waals surface area contributed by atoms with Gasteiger partial charge in [-0.1, -0.05) is 23.8 Å². The summed E-state index contributed by atoms with van der Waals surface area (Å²) in [5.41, 5.74) is 8.20. The number of aromatic nitrogens is 4. The van der Waals surface area contributed by atoms with Crippen LogP contribution in [0.5, 0.6) is 5.75 Å². The van der Waals surface area contributed by atoms with Crippen molar-refractivity contribution in [3.63, 3.8) is 0 Å². The Morgan fingerprint density at radius 3 is 2.61 bits per heavy atom. The van der Waals surface area contributed by atoms with Crippen LogP contribution in [-0.4, -0.2) is 50.7 Å². The average Bonchev–Trinajstić information content (AvgIpc) is 3.67. The summed E-state index contributed by atoms with van der Waals surface area (Å²) in [6.45, 7) is 5.40. The summed E-state index contributed by atoms with van der Waals surface area (Å²) in [5, 5.41) is 0. The van der Waals surface area contributed by atoms with E-state index in [-0.39, 0.29) is 18.4 Å². The second-order valence-electron chi connectivity index (χ2n) is 10.7. The fourth-order valence-corrected chi connectivity index (χ4v) is 5.33. The quantitative estimate of drug-likeness (QED) is 0.358. The third kappa shape index (κ3) is 4.69. The first-order valence-corrected chi connectivity index (χ1v) is 13.2. The number of nitrogens with zero attached hydrogens (tertiary/aromatic N) is 5. The number of hydrogen-bond donors (Lipinski definition) is 1. The molecule has 2 N–H and O–H groups in total. The minimum absolute atomic E-state index is 0.0138. The molecule has 0 radical (unpaired) electrons. The van der Waals surface area contributed by atoms with E-state index >= 15 is 0 Å². The van der Waals surface area contributed by atoms with Crippen LogP contribution in [0.4, 0.5) is 5.95 Å². The van der Waals surface area contributed by atoms with Crippen LogP contribution in [0.15, 0.2) is 39.4 Å². The predicted octanol–water partition coefficient (Wildman–Crippen LogP) is 2.56. The van der Waals surface area contributed by atoms with E-state index in [4.69, 9.17) is 15.5 Å². The number of hydrogen-bond acceptors (Lipinski definition) is 7. The summed E-state index contributed by atoms with van der Waals surface area (Å²) >= 11 is 0. The van der Waals surface area contributed by atoms with E-state index in [1.807, 2.05) is 36.6 Å². The van der Waals surface area contributed by atoms with Crippen molar-refractivity contribution in [2.45, 2.75) is 64.6 Å². The molecular formula is C28H36N6O4. The van der Waals surface area contributed by atoms with Crippen molar-refractivity contribution in [3.05, 3.63) is 61.8 Å². The van der Waals surface area contributed by atoms with E-state index in [2.05, 4.69) is 4.90 Å². The number of Topliss-reactive ketones (excluding diaryl/α,β-unsaturated/α-hetero) is 1. The Hall–Kier alpha value is -3.66. The number of carbonyl (C=O) groups is 1. The first kappa shape index (κ1) is 26.0. The molecule has 2 aliphatic rings. The van der Waals surface area contributed by atoms with Crippen molar-refractivity contribution in [1.82, 2.24) is 18.7 Å². The van der Waals surface area contributed by atoms with Crippen molar-refractivity contribution in [3.8, 4) is 5.75 Å². The second kappa shape index (κ2) is 10.2. The molecule has 0 bridgehead atoms. The zero-order valence-electron chi connectivity index (χ0n) is 22.6. The molecule has 1 aliphatic heterocycles. The highest BCUT2D eigenvalue weighted by Gasteiger charge is 2.30. The molecule has 3 heterocycles. The molecule has 0 amide bonds. The van der Waals surface area contributed by atoms with Gasteiger partial charge in [-0.15, -0.1) is 0 Å². The van der Waals surface area contributed by atoms with E-state index in [1.165, 1.54) is 4.57 Å². The van der Waals surface area contributed by atoms with Crippen LogP contribution in [-0.2, 0) is 20.1 Å². The van der Waals surface area contributed by atoms with Gasteiger partial charge >= 0.3 is 5.69 Å². The van der Waals surface area contributed by atoms with Gasteiger partial charge in [-0.3, -0.25) is 18.7 Å². The lowest BCUT2D eigenvalue weighted by atomic mass is 10.0. The van der Waals surface area contributed by atoms with E-state index < -0.39 is 11.2 Å². The lowest BCUT2D eigenvalue weighted by Gasteiger charge is -2.31. The number of benzene rings is 1.